The zero-order valence-electron chi connectivity index (χ0n) is 14.7. The number of carbonyl (C=O) groups excluding carboxylic acids is 1. The Labute approximate surface area is 152 Å². The van der Waals surface area contributed by atoms with Crippen LogP contribution < -0.4 is 16.0 Å². The van der Waals surface area contributed by atoms with Gasteiger partial charge >= 0.3 is 0 Å². The van der Waals surface area contributed by atoms with E-state index in [0.29, 0.717) is 13.1 Å². The molecule has 1 unspecified atom stereocenters. The Balaban J connectivity index is 2.44. The summed E-state index contributed by atoms with van der Waals surface area (Å²) in [6.07, 6.45) is 0. The van der Waals surface area contributed by atoms with Crippen molar-refractivity contribution in [1.29, 1.82) is 0 Å². The van der Waals surface area contributed by atoms with E-state index in [4.69, 9.17) is 5.73 Å². The molecule has 0 radical (unpaired) electrons. The minimum Gasteiger partial charge on any atom is -0.368 e. The van der Waals surface area contributed by atoms with E-state index in [-0.39, 0.29) is 35.9 Å². The van der Waals surface area contributed by atoms with Crippen LogP contribution in [0, 0.1) is 10.1 Å². The molecule has 1 aliphatic rings. The summed E-state index contributed by atoms with van der Waals surface area (Å²) in [7, 11) is -3.81. The van der Waals surface area contributed by atoms with Crippen molar-refractivity contribution >= 4 is 27.3 Å². The monoisotopic (exact) mass is 385 g/mol. The summed E-state index contributed by atoms with van der Waals surface area (Å²) in [5, 5.41) is 14.5. The average molecular weight is 385 g/mol. The number of benzene rings is 1. The van der Waals surface area contributed by atoms with Crippen molar-refractivity contribution in [3.8, 4) is 0 Å². The number of nitrogens with one attached hydrogen (secondary N) is 1. The number of primary amides is 1. The van der Waals surface area contributed by atoms with Gasteiger partial charge in [0.1, 0.15) is 11.7 Å². The van der Waals surface area contributed by atoms with Crippen molar-refractivity contribution in [3.05, 3.63) is 28.3 Å². The number of hydrogen-bond donors (Lipinski definition) is 2. The Bertz CT molecular complexity index is 794. The van der Waals surface area contributed by atoms with E-state index in [1.807, 2.05) is 0 Å². The molecule has 10 nitrogen and oxygen atoms in total. The fraction of sp³-hybridized carbons (Fsp3) is 0.533. The normalized spacial score (nSPS) is 18.1. The number of nitro groups is 1. The van der Waals surface area contributed by atoms with E-state index < -0.39 is 26.9 Å². The first kappa shape index (κ1) is 20.1. The molecule has 1 aliphatic heterocycles. The lowest BCUT2D eigenvalue weighted by Crippen LogP contribution is -2.56. The van der Waals surface area contributed by atoms with Crippen LogP contribution in [0.1, 0.15) is 13.8 Å². The van der Waals surface area contributed by atoms with Gasteiger partial charge in [0.2, 0.25) is 15.9 Å². The van der Waals surface area contributed by atoms with Gasteiger partial charge in [0.25, 0.3) is 5.69 Å². The second-order valence-electron chi connectivity index (χ2n) is 5.85. The summed E-state index contributed by atoms with van der Waals surface area (Å²) in [6.45, 7) is 5.00. The van der Waals surface area contributed by atoms with Crippen LogP contribution in [0.3, 0.4) is 0 Å². The van der Waals surface area contributed by atoms with Crippen molar-refractivity contribution in [2.24, 2.45) is 5.73 Å². The number of nitro benzene ring substituents is 1. The van der Waals surface area contributed by atoms with E-state index in [9.17, 15) is 23.3 Å². The molecule has 0 saturated carbocycles. The maximum Gasteiger partial charge on any atom is 0.293 e. The van der Waals surface area contributed by atoms with Crippen LogP contribution in [-0.4, -0.2) is 62.3 Å². The van der Waals surface area contributed by atoms with Gasteiger partial charge in [-0.1, -0.05) is 13.8 Å². The number of piperazine rings is 1. The Kier molecular flexibility index (Phi) is 6.16. The minimum absolute atomic E-state index is 0.127. The number of sulfonamides is 1. The van der Waals surface area contributed by atoms with Gasteiger partial charge < -0.3 is 16.0 Å². The topological polar surface area (TPSA) is 139 Å². The van der Waals surface area contributed by atoms with Crippen LogP contribution in [0.4, 0.5) is 11.4 Å². The number of rotatable bonds is 7. The molecule has 2 rings (SSSR count). The van der Waals surface area contributed by atoms with E-state index in [1.165, 1.54) is 16.4 Å². The molecule has 0 bridgehead atoms. The van der Waals surface area contributed by atoms with Gasteiger partial charge in [0, 0.05) is 38.8 Å². The number of hydrogen-bond acceptors (Lipinski definition) is 7. The first-order chi connectivity index (χ1) is 12.2. The summed E-state index contributed by atoms with van der Waals surface area (Å²) in [4.78, 5) is 23.8. The van der Waals surface area contributed by atoms with Crippen LogP contribution in [0.5, 0.6) is 0 Å². The molecule has 26 heavy (non-hydrogen) atoms. The molecular formula is C15H23N5O5S. The highest BCUT2D eigenvalue weighted by molar-refractivity contribution is 7.89. The fourth-order valence-electron chi connectivity index (χ4n) is 2.95. The highest BCUT2D eigenvalue weighted by atomic mass is 32.2. The molecule has 0 spiro atoms. The van der Waals surface area contributed by atoms with Crippen LogP contribution in [0.25, 0.3) is 0 Å². The molecule has 11 heteroatoms. The molecule has 0 aliphatic carbocycles. The van der Waals surface area contributed by atoms with Crippen LogP contribution in [-0.2, 0) is 14.8 Å². The lowest BCUT2D eigenvalue weighted by molar-refractivity contribution is -0.384. The zero-order valence-corrected chi connectivity index (χ0v) is 15.5. The van der Waals surface area contributed by atoms with Crippen LogP contribution in [0.15, 0.2) is 23.1 Å². The summed E-state index contributed by atoms with van der Waals surface area (Å²) in [6, 6.07) is 3.22. The minimum atomic E-state index is -3.81. The zero-order chi connectivity index (χ0) is 19.5. The van der Waals surface area contributed by atoms with E-state index in [1.54, 1.807) is 18.7 Å². The highest BCUT2D eigenvalue weighted by Gasteiger charge is 2.30. The summed E-state index contributed by atoms with van der Waals surface area (Å²) in [5.41, 5.74) is 5.25. The second kappa shape index (κ2) is 7.98. The number of amides is 1. The SMILES string of the molecule is CCN(CC)S(=O)(=O)c1ccc(N2CCNC(C(N)=O)C2)c([N+](=O)[O-])c1. The standard InChI is InChI=1S/C15H23N5O5S/c1-3-19(4-2)26(24,25)11-5-6-13(14(9-11)20(22)23)18-8-7-17-12(10-18)15(16)21/h5-6,9,12,17H,3-4,7-8,10H2,1-2H3,(H2,16,21). The molecule has 1 aromatic carbocycles. The highest BCUT2D eigenvalue weighted by Crippen LogP contribution is 2.32. The molecule has 1 fully saturated rings. The molecule has 1 atom stereocenters. The first-order valence-corrected chi connectivity index (χ1v) is 9.72. The van der Waals surface area contributed by atoms with E-state index in [2.05, 4.69) is 5.32 Å². The molecule has 3 N–H and O–H groups in total. The van der Waals surface area contributed by atoms with Crippen molar-refractivity contribution in [2.45, 2.75) is 24.8 Å². The summed E-state index contributed by atoms with van der Waals surface area (Å²) < 4.78 is 26.5. The number of anilines is 1. The molecule has 1 heterocycles. The third-order valence-corrected chi connectivity index (χ3v) is 6.39. The Morgan fingerprint density at radius 3 is 2.62 bits per heavy atom. The summed E-state index contributed by atoms with van der Waals surface area (Å²) >= 11 is 0. The third kappa shape index (κ3) is 3.94. The molecular weight excluding hydrogens is 362 g/mol. The third-order valence-electron chi connectivity index (χ3n) is 4.35. The Morgan fingerprint density at radius 2 is 2.08 bits per heavy atom. The molecule has 0 aromatic heterocycles. The van der Waals surface area contributed by atoms with Crippen molar-refractivity contribution in [3.63, 3.8) is 0 Å². The Morgan fingerprint density at radius 1 is 1.42 bits per heavy atom. The van der Waals surface area contributed by atoms with E-state index >= 15 is 0 Å². The van der Waals surface area contributed by atoms with Crippen molar-refractivity contribution < 1.29 is 18.1 Å². The summed E-state index contributed by atoms with van der Waals surface area (Å²) in [5.74, 6) is -0.543. The molecule has 1 aromatic rings. The van der Waals surface area contributed by atoms with Gasteiger partial charge in [-0.3, -0.25) is 14.9 Å². The average Bonchev–Trinajstić information content (AvgIpc) is 2.62. The predicted octanol–water partition coefficient (Wildman–Crippen LogP) is -0.111. The van der Waals surface area contributed by atoms with Crippen molar-refractivity contribution in [2.75, 3.05) is 37.6 Å². The second-order valence-corrected chi connectivity index (χ2v) is 7.79. The lowest BCUT2D eigenvalue weighted by Gasteiger charge is -2.33. The van der Waals surface area contributed by atoms with Gasteiger partial charge in [0.05, 0.1) is 9.82 Å². The Hall–Kier alpha value is -2.24. The maximum absolute atomic E-state index is 12.6. The largest absolute Gasteiger partial charge is 0.368 e. The van der Waals surface area contributed by atoms with Gasteiger partial charge in [-0.05, 0) is 12.1 Å². The molecule has 1 saturated heterocycles. The molecule has 1 amide bonds. The van der Waals surface area contributed by atoms with Gasteiger partial charge in [-0.15, -0.1) is 0 Å². The van der Waals surface area contributed by atoms with Crippen LogP contribution in [0.2, 0.25) is 0 Å². The van der Waals surface area contributed by atoms with E-state index in [0.717, 1.165) is 6.07 Å². The van der Waals surface area contributed by atoms with Gasteiger partial charge in [0.15, 0.2) is 0 Å². The first-order valence-electron chi connectivity index (χ1n) is 8.28. The van der Waals surface area contributed by atoms with Gasteiger partial charge in [-0.25, -0.2) is 8.42 Å². The van der Waals surface area contributed by atoms with Crippen LogP contribution >= 0.6 is 0 Å². The quantitative estimate of drug-likeness (QED) is 0.493. The molecule has 144 valence electrons. The maximum atomic E-state index is 12.6. The number of nitrogens with zero attached hydrogens (tertiary/aromatic N) is 3. The van der Waals surface area contributed by atoms with Gasteiger partial charge in [-0.2, -0.15) is 4.31 Å². The number of carbonyl (C=O) groups is 1. The fourth-order valence-corrected chi connectivity index (χ4v) is 4.43. The lowest BCUT2D eigenvalue weighted by atomic mass is 10.1. The number of nitrogens with two attached hydrogens (primary N) is 1. The van der Waals surface area contributed by atoms with Crippen molar-refractivity contribution in [1.82, 2.24) is 9.62 Å². The smallest absolute Gasteiger partial charge is 0.293 e. The predicted molar refractivity (Wildman–Crippen MR) is 96.4 cm³/mol.